The van der Waals surface area contributed by atoms with E-state index < -0.39 is 5.82 Å². The Morgan fingerprint density at radius 3 is 2.50 bits per heavy atom. The van der Waals surface area contributed by atoms with E-state index in [0.717, 1.165) is 11.1 Å². The summed E-state index contributed by atoms with van der Waals surface area (Å²) >= 11 is 0. The molecule has 0 saturated carbocycles. The lowest BCUT2D eigenvalue weighted by atomic mass is 10.1. The minimum Gasteiger partial charge on any atom is -0.289 e. The number of ketones is 1. The van der Waals surface area contributed by atoms with Crippen LogP contribution in [0.5, 0.6) is 0 Å². The predicted molar refractivity (Wildman–Crippen MR) is 70.9 cm³/mol. The van der Waals surface area contributed by atoms with E-state index in [-0.39, 0.29) is 11.3 Å². The molecule has 0 aromatic heterocycles. The molecule has 0 amide bonds. The summed E-state index contributed by atoms with van der Waals surface area (Å²) < 4.78 is 13.6. The number of carbonyl (C=O) groups is 1. The molecule has 0 aliphatic heterocycles. The lowest BCUT2D eigenvalue weighted by molar-refractivity contribution is 0.104. The Bertz CT molecular complexity index is 585. The van der Waals surface area contributed by atoms with E-state index in [4.69, 9.17) is 0 Å². The molecule has 18 heavy (non-hydrogen) atoms. The van der Waals surface area contributed by atoms with Gasteiger partial charge in [-0.25, -0.2) is 4.39 Å². The zero-order valence-corrected chi connectivity index (χ0v) is 10.1. The number of hydrogen-bond donors (Lipinski definition) is 0. The Labute approximate surface area is 106 Å². The molecule has 0 unspecified atom stereocenters. The third kappa shape index (κ3) is 2.92. The highest BCUT2D eigenvalue weighted by Crippen LogP contribution is 2.12. The summed E-state index contributed by atoms with van der Waals surface area (Å²) in [6.45, 7) is 1.79. The number of allylic oxidation sites excluding steroid dienone is 1. The van der Waals surface area contributed by atoms with Gasteiger partial charge >= 0.3 is 0 Å². The standard InChI is InChI=1S/C16H13FO/c1-12-7-9-14(15(17)11-12)16(18)10-8-13-5-3-2-4-6-13/h2-11H,1H3. The Hall–Kier alpha value is -2.22. The van der Waals surface area contributed by atoms with Crippen molar-refractivity contribution in [2.24, 2.45) is 0 Å². The van der Waals surface area contributed by atoms with Gasteiger partial charge in [-0.3, -0.25) is 4.79 Å². The smallest absolute Gasteiger partial charge is 0.188 e. The van der Waals surface area contributed by atoms with Crippen LogP contribution in [0.4, 0.5) is 4.39 Å². The Balaban J connectivity index is 2.20. The maximum absolute atomic E-state index is 13.6. The van der Waals surface area contributed by atoms with Gasteiger partial charge in [0.05, 0.1) is 5.56 Å². The molecule has 0 saturated heterocycles. The maximum Gasteiger partial charge on any atom is 0.188 e. The number of hydrogen-bond acceptors (Lipinski definition) is 1. The minimum absolute atomic E-state index is 0.104. The lowest BCUT2D eigenvalue weighted by Gasteiger charge is -1.99. The molecule has 2 rings (SSSR count). The van der Waals surface area contributed by atoms with Crippen LogP contribution < -0.4 is 0 Å². The lowest BCUT2D eigenvalue weighted by Crippen LogP contribution is -1.98. The predicted octanol–water partition coefficient (Wildman–Crippen LogP) is 4.03. The fraction of sp³-hybridized carbons (Fsp3) is 0.0625. The summed E-state index contributed by atoms with van der Waals surface area (Å²) in [5.74, 6) is -0.797. The number of rotatable bonds is 3. The van der Waals surface area contributed by atoms with Crippen molar-refractivity contribution in [2.75, 3.05) is 0 Å². The zero-order chi connectivity index (χ0) is 13.0. The summed E-state index contributed by atoms with van der Waals surface area (Å²) in [5.41, 5.74) is 1.82. The van der Waals surface area contributed by atoms with Crippen molar-refractivity contribution < 1.29 is 9.18 Å². The SMILES string of the molecule is Cc1ccc(C(=O)C=Cc2ccccc2)c(F)c1. The number of halogens is 1. The highest BCUT2D eigenvalue weighted by molar-refractivity contribution is 6.07. The van der Waals surface area contributed by atoms with Gasteiger partial charge < -0.3 is 0 Å². The van der Waals surface area contributed by atoms with E-state index in [1.807, 2.05) is 30.3 Å². The summed E-state index contributed by atoms with van der Waals surface area (Å²) in [4.78, 5) is 11.8. The summed E-state index contributed by atoms with van der Waals surface area (Å²) in [6, 6.07) is 14.1. The quantitative estimate of drug-likeness (QED) is 0.584. The molecule has 0 fully saturated rings. The molecule has 0 N–H and O–H groups in total. The number of carbonyl (C=O) groups excluding carboxylic acids is 1. The van der Waals surface area contributed by atoms with Crippen LogP contribution in [-0.4, -0.2) is 5.78 Å². The van der Waals surface area contributed by atoms with Gasteiger partial charge in [0.1, 0.15) is 5.82 Å². The molecular weight excluding hydrogens is 227 g/mol. The third-order valence-electron chi connectivity index (χ3n) is 2.62. The molecule has 2 aromatic rings. The highest BCUT2D eigenvalue weighted by Gasteiger charge is 2.08. The third-order valence-corrected chi connectivity index (χ3v) is 2.62. The number of benzene rings is 2. The monoisotopic (exact) mass is 240 g/mol. The van der Waals surface area contributed by atoms with Crippen LogP contribution in [0.15, 0.2) is 54.6 Å². The van der Waals surface area contributed by atoms with Crippen molar-refractivity contribution in [3.63, 3.8) is 0 Å². The molecule has 0 aliphatic rings. The van der Waals surface area contributed by atoms with Crippen molar-refractivity contribution in [2.45, 2.75) is 6.92 Å². The molecule has 0 atom stereocenters. The topological polar surface area (TPSA) is 17.1 Å². The van der Waals surface area contributed by atoms with Crippen LogP contribution in [-0.2, 0) is 0 Å². The molecule has 0 aliphatic carbocycles. The zero-order valence-electron chi connectivity index (χ0n) is 10.1. The average molecular weight is 240 g/mol. The van der Waals surface area contributed by atoms with Crippen molar-refractivity contribution >= 4 is 11.9 Å². The van der Waals surface area contributed by atoms with Crippen LogP contribution >= 0.6 is 0 Å². The summed E-state index contributed by atoms with van der Waals surface area (Å²) in [7, 11) is 0. The first kappa shape index (κ1) is 12.2. The highest BCUT2D eigenvalue weighted by atomic mass is 19.1. The minimum atomic E-state index is -0.474. The molecule has 0 radical (unpaired) electrons. The molecule has 0 heterocycles. The van der Waals surface area contributed by atoms with Gasteiger partial charge in [-0.1, -0.05) is 42.5 Å². The number of aryl methyl sites for hydroxylation is 1. The first-order valence-corrected chi connectivity index (χ1v) is 5.70. The van der Waals surface area contributed by atoms with Crippen molar-refractivity contribution in [3.8, 4) is 0 Å². The van der Waals surface area contributed by atoms with Crippen LogP contribution in [0.3, 0.4) is 0 Å². The van der Waals surface area contributed by atoms with Crippen molar-refractivity contribution in [3.05, 3.63) is 77.1 Å². The van der Waals surface area contributed by atoms with Crippen LogP contribution in [0.1, 0.15) is 21.5 Å². The van der Waals surface area contributed by atoms with Gasteiger partial charge in [0, 0.05) is 0 Å². The molecule has 0 bridgehead atoms. The van der Waals surface area contributed by atoms with Gasteiger partial charge in [-0.2, -0.15) is 0 Å². The van der Waals surface area contributed by atoms with E-state index in [0.29, 0.717) is 0 Å². The van der Waals surface area contributed by atoms with Crippen LogP contribution in [0.2, 0.25) is 0 Å². The Morgan fingerprint density at radius 2 is 1.83 bits per heavy atom. The van der Waals surface area contributed by atoms with E-state index in [2.05, 4.69) is 0 Å². The van der Waals surface area contributed by atoms with Gasteiger partial charge in [-0.05, 0) is 36.3 Å². The van der Waals surface area contributed by atoms with Crippen LogP contribution in [0.25, 0.3) is 6.08 Å². The van der Waals surface area contributed by atoms with E-state index in [1.54, 1.807) is 19.1 Å². The van der Waals surface area contributed by atoms with E-state index in [9.17, 15) is 9.18 Å². The summed E-state index contributed by atoms with van der Waals surface area (Å²) in [6.07, 6.45) is 3.07. The maximum atomic E-state index is 13.6. The normalized spacial score (nSPS) is 10.8. The first-order valence-electron chi connectivity index (χ1n) is 5.70. The fourth-order valence-electron chi connectivity index (χ4n) is 1.65. The largest absolute Gasteiger partial charge is 0.289 e. The van der Waals surface area contributed by atoms with E-state index in [1.165, 1.54) is 18.2 Å². The molecule has 0 spiro atoms. The molecule has 90 valence electrons. The molecule has 2 aromatic carbocycles. The van der Waals surface area contributed by atoms with Gasteiger partial charge in [0.25, 0.3) is 0 Å². The van der Waals surface area contributed by atoms with E-state index >= 15 is 0 Å². The summed E-state index contributed by atoms with van der Waals surface area (Å²) in [5, 5.41) is 0. The fourth-order valence-corrected chi connectivity index (χ4v) is 1.65. The Morgan fingerprint density at radius 1 is 1.11 bits per heavy atom. The van der Waals surface area contributed by atoms with Crippen molar-refractivity contribution in [1.82, 2.24) is 0 Å². The van der Waals surface area contributed by atoms with Gasteiger partial charge in [0.15, 0.2) is 5.78 Å². The second-order valence-corrected chi connectivity index (χ2v) is 4.09. The molecular formula is C16H13FO. The Kier molecular flexibility index (Phi) is 3.68. The second kappa shape index (κ2) is 5.41. The van der Waals surface area contributed by atoms with Gasteiger partial charge in [-0.15, -0.1) is 0 Å². The second-order valence-electron chi connectivity index (χ2n) is 4.09. The molecule has 1 nitrogen and oxygen atoms in total. The van der Waals surface area contributed by atoms with Crippen LogP contribution in [0, 0.1) is 12.7 Å². The van der Waals surface area contributed by atoms with Gasteiger partial charge in [0.2, 0.25) is 0 Å². The first-order chi connectivity index (χ1) is 8.66. The van der Waals surface area contributed by atoms with Crippen molar-refractivity contribution in [1.29, 1.82) is 0 Å². The average Bonchev–Trinajstić information content (AvgIpc) is 2.37. The molecule has 2 heteroatoms.